The van der Waals surface area contributed by atoms with E-state index in [1.54, 1.807) is 25.1 Å². The Morgan fingerprint density at radius 1 is 1.43 bits per heavy atom. The molecular weight excluding hydrogens is 408 g/mol. The molecule has 2 aromatic heterocycles. The number of esters is 1. The third-order valence-corrected chi connectivity index (χ3v) is 5.77. The maximum atomic E-state index is 12.5. The van der Waals surface area contributed by atoms with Crippen LogP contribution in [0, 0.1) is 17.0 Å². The molecule has 0 radical (unpaired) electrons. The summed E-state index contributed by atoms with van der Waals surface area (Å²) in [6.07, 6.45) is 1.23. The molecule has 146 valence electrons. The second-order valence-corrected chi connectivity index (χ2v) is 7.38. The Morgan fingerprint density at radius 2 is 2.14 bits per heavy atom. The van der Waals surface area contributed by atoms with Gasteiger partial charge in [0.15, 0.2) is 0 Å². The molecule has 0 bridgehead atoms. The number of hydrogen-bond donors (Lipinski definition) is 1. The van der Waals surface area contributed by atoms with Crippen LogP contribution in [0.1, 0.15) is 28.3 Å². The van der Waals surface area contributed by atoms with Crippen LogP contribution in [0.25, 0.3) is 10.1 Å². The van der Waals surface area contributed by atoms with E-state index in [1.165, 1.54) is 24.9 Å². The number of carbonyl (C=O) groups excluding carboxylic acids is 2. The van der Waals surface area contributed by atoms with Gasteiger partial charge in [0.05, 0.1) is 17.1 Å². The van der Waals surface area contributed by atoms with Crippen LogP contribution >= 0.6 is 22.9 Å². The van der Waals surface area contributed by atoms with E-state index in [4.69, 9.17) is 16.3 Å². The number of thiophene rings is 1. The topological polar surface area (TPSA) is 116 Å². The first-order chi connectivity index (χ1) is 13.2. The lowest BCUT2D eigenvalue weighted by molar-refractivity contribution is -0.385. The van der Waals surface area contributed by atoms with Gasteiger partial charge in [-0.1, -0.05) is 11.6 Å². The Labute approximate surface area is 168 Å². The molecule has 0 aliphatic rings. The van der Waals surface area contributed by atoms with Gasteiger partial charge >= 0.3 is 11.7 Å². The second kappa shape index (κ2) is 7.56. The van der Waals surface area contributed by atoms with Crippen molar-refractivity contribution in [3.05, 3.63) is 50.1 Å². The number of halogens is 1. The summed E-state index contributed by atoms with van der Waals surface area (Å²) in [6.45, 7) is 3.09. The van der Waals surface area contributed by atoms with Crippen molar-refractivity contribution in [2.45, 2.75) is 19.9 Å². The minimum Gasteiger partial charge on any atom is -0.465 e. The fourth-order valence-corrected chi connectivity index (χ4v) is 4.05. The van der Waals surface area contributed by atoms with Gasteiger partial charge in [0.25, 0.3) is 0 Å². The van der Waals surface area contributed by atoms with Crippen molar-refractivity contribution < 1.29 is 19.2 Å². The highest BCUT2D eigenvalue weighted by Crippen LogP contribution is 2.37. The zero-order chi connectivity index (χ0) is 20.6. The number of aryl methyl sites for hydroxylation is 1. The third kappa shape index (κ3) is 3.56. The molecule has 28 heavy (non-hydrogen) atoms. The zero-order valence-electron chi connectivity index (χ0n) is 15.1. The van der Waals surface area contributed by atoms with E-state index in [0.29, 0.717) is 20.8 Å². The van der Waals surface area contributed by atoms with Gasteiger partial charge in [-0.25, -0.2) is 4.79 Å². The number of aromatic nitrogens is 2. The minimum atomic E-state index is -0.763. The summed E-state index contributed by atoms with van der Waals surface area (Å²) >= 11 is 7.38. The van der Waals surface area contributed by atoms with E-state index >= 15 is 0 Å². The van der Waals surface area contributed by atoms with Gasteiger partial charge in [0.2, 0.25) is 5.91 Å². The zero-order valence-corrected chi connectivity index (χ0v) is 16.6. The number of hydrogen-bond acceptors (Lipinski definition) is 7. The van der Waals surface area contributed by atoms with Crippen molar-refractivity contribution in [3.8, 4) is 0 Å². The second-order valence-electron chi connectivity index (χ2n) is 5.95. The number of benzene rings is 1. The molecule has 1 amide bonds. The highest BCUT2D eigenvalue weighted by Gasteiger charge is 2.23. The molecule has 2 heterocycles. The van der Waals surface area contributed by atoms with Crippen molar-refractivity contribution in [1.29, 1.82) is 0 Å². The largest absolute Gasteiger partial charge is 0.465 e. The number of carbonyl (C=O) groups is 2. The Morgan fingerprint density at radius 3 is 2.75 bits per heavy atom. The van der Waals surface area contributed by atoms with Gasteiger partial charge in [-0.3, -0.25) is 19.6 Å². The predicted octanol–water partition coefficient (Wildman–Crippen LogP) is 3.95. The van der Waals surface area contributed by atoms with Gasteiger partial charge in [-0.2, -0.15) is 5.10 Å². The maximum absolute atomic E-state index is 12.5. The van der Waals surface area contributed by atoms with Crippen molar-refractivity contribution >= 4 is 56.3 Å². The minimum absolute atomic E-state index is 0.148. The molecule has 3 aromatic rings. The Hall–Kier alpha value is -2.98. The molecule has 0 saturated heterocycles. The first kappa shape index (κ1) is 19.8. The molecular formula is C17H15ClN4O5S. The molecule has 0 spiro atoms. The number of rotatable bonds is 5. The SMILES string of the molecule is COC(=O)c1sc2cc(NC(=O)C(C)n3cc([N+](=O)[O-])c(C)n3)ccc2c1Cl. The number of nitro groups is 1. The fourth-order valence-electron chi connectivity index (χ4n) is 2.58. The van der Waals surface area contributed by atoms with Crippen molar-refractivity contribution in [1.82, 2.24) is 9.78 Å². The number of nitrogens with one attached hydrogen (secondary N) is 1. The Kier molecular flexibility index (Phi) is 5.34. The molecule has 0 saturated carbocycles. The number of fused-ring (bicyclic) bond motifs is 1. The Bertz CT molecular complexity index is 1110. The highest BCUT2D eigenvalue weighted by molar-refractivity contribution is 7.21. The van der Waals surface area contributed by atoms with E-state index < -0.39 is 22.8 Å². The highest BCUT2D eigenvalue weighted by atomic mass is 35.5. The number of anilines is 1. The number of methoxy groups -OCH3 is 1. The third-order valence-electron chi connectivity index (χ3n) is 4.13. The summed E-state index contributed by atoms with van der Waals surface area (Å²) < 4.78 is 6.67. The standard InChI is InChI=1S/C17H15ClN4O5S/c1-8-12(22(25)26)7-21(20-8)9(2)16(23)19-10-4-5-11-13(6-10)28-15(14(11)18)17(24)27-3/h4-7,9H,1-3H3,(H,19,23). The van der Waals surface area contributed by atoms with E-state index in [1.807, 2.05) is 0 Å². The van der Waals surface area contributed by atoms with Crippen LogP contribution in [0.15, 0.2) is 24.4 Å². The predicted molar refractivity (Wildman–Crippen MR) is 105 cm³/mol. The van der Waals surface area contributed by atoms with Crippen LogP contribution in [0.3, 0.4) is 0 Å². The van der Waals surface area contributed by atoms with Crippen LogP contribution in [0.5, 0.6) is 0 Å². The summed E-state index contributed by atoms with van der Waals surface area (Å²) in [7, 11) is 1.28. The lowest BCUT2D eigenvalue weighted by Crippen LogP contribution is -2.24. The Balaban J connectivity index is 1.83. The van der Waals surface area contributed by atoms with Crippen LogP contribution < -0.4 is 5.32 Å². The molecule has 9 nitrogen and oxygen atoms in total. The van der Waals surface area contributed by atoms with Crippen LogP contribution in [-0.2, 0) is 9.53 Å². The molecule has 1 aromatic carbocycles. The van der Waals surface area contributed by atoms with Crippen molar-refractivity contribution in [2.24, 2.45) is 0 Å². The molecule has 0 aliphatic heterocycles. The van der Waals surface area contributed by atoms with E-state index in [-0.39, 0.29) is 16.3 Å². The van der Waals surface area contributed by atoms with Gasteiger partial charge < -0.3 is 10.1 Å². The monoisotopic (exact) mass is 422 g/mol. The normalized spacial score (nSPS) is 12.0. The summed E-state index contributed by atoms with van der Waals surface area (Å²) in [5, 5.41) is 18.7. The van der Waals surface area contributed by atoms with Crippen LogP contribution in [0.4, 0.5) is 11.4 Å². The number of nitrogens with zero attached hydrogens (tertiary/aromatic N) is 3. The molecule has 1 unspecified atom stereocenters. The average molecular weight is 423 g/mol. The smallest absolute Gasteiger partial charge is 0.349 e. The summed E-state index contributed by atoms with van der Waals surface area (Å²) in [4.78, 5) is 35.0. The van der Waals surface area contributed by atoms with Crippen LogP contribution in [0.2, 0.25) is 5.02 Å². The first-order valence-electron chi connectivity index (χ1n) is 8.04. The van der Waals surface area contributed by atoms with E-state index in [2.05, 4.69) is 10.4 Å². The maximum Gasteiger partial charge on any atom is 0.349 e. The van der Waals surface area contributed by atoms with Crippen molar-refractivity contribution in [2.75, 3.05) is 12.4 Å². The molecule has 3 rings (SSSR count). The summed E-state index contributed by atoms with van der Waals surface area (Å²) in [5.41, 5.74) is 0.580. The average Bonchev–Trinajstić information content (AvgIpc) is 3.20. The molecule has 0 fully saturated rings. The van der Waals surface area contributed by atoms with E-state index in [9.17, 15) is 19.7 Å². The lowest BCUT2D eigenvalue weighted by atomic mass is 10.2. The quantitative estimate of drug-likeness (QED) is 0.378. The van der Waals surface area contributed by atoms with Gasteiger partial charge in [-0.05, 0) is 32.0 Å². The molecule has 1 atom stereocenters. The molecule has 11 heteroatoms. The first-order valence-corrected chi connectivity index (χ1v) is 9.23. The van der Waals surface area contributed by atoms with Crippen LogP contribution in [-0.4, -0.2) is 33.7 Å². The van der Waals surface area contributed by atoms with Gasteiger partial charge in [0, 0.05) is 15.8 Å². The number of amides is 1. The molecule has 0 aliphatic carbocycles. The lowest BCUT2D eigenvalue weighted by Gasteiger charge is -2.12. The number of ether oxygens (including phenoxy) is 1. The van der Waals surface area contributed by atoms with Gasteiger partial charge in [0.1, 0.15) is 22.8 Å². The van der Waals surface area contributed by atoms with Crippen molar-refractivity contribution in [3.63, 3.8) is 0 Å². The fraction of sp³-hybridized carbons (Fsp3) is 0.235. The van der Waals surface area contributed by atoms with Gasteiger partial charge in [-0.15, -0.1) is 11.3 Å². The molecule has 1 N–H and O–H groups in total. The summed E-state index contributed by atoms with van der Waals surface area (Å²) in [6, 6.07) is 4.29. The summed E-state index contributed by atoms with van der Waals surface area (Å²) in [5.74, 6) is -0.923. The van der Waals surface area contributed by atoms with E-state index in [0.717, 1.165) is 11.3 Å².